The van der Waals surface area contributed by atoms with Gasteiger partial charge in [-0.1, -0.05) is 42.0 Å². The van der Waals surface area contributed by atoms with Crippen LogP contribution >= 0.6 is 0 Å². The number of nitrogens with one attached hydrogen (secondary N) is 2. The van der Waals surface area contributed by atoms with Crippen molar-refractivity contribution in [2.24, 2.45) is 0 Å². The summed E-state index contributed by atoms with van der Waals surface area (Å²) in [6.07, 6.45) is 1.55. The maximum Gasteiger partial charge on any atom is 0.253 e. The third-order valence-corrected chi connectivity index (χ3v) is 4.11. The van der Waals surface area contributed by atoms with E-state index >= 15 is 0 Å². The number of rotatable bonds is 4. The van der Waals surface area contributed by atoms with E-state index in [2.05, 4.69) is 10.3 Å². The molecular weight excluding hydrogens is 312 g/mol. The zero-order valence-corrected chi connectivity index (χ0v) is 14.3. The van der Waals surface area contributed by atoms with Gasteiger partial charge in [-0.15, -0.1) is 0 Å². The quantitative estimate of drug-likeness (QED) is 0.718. The van der Waals surface area contributed by atoms with Gasteiger partial charge in [0.2, 0.25) is 5.91 Å². The van der Waals surface area contributed by atoms with Crippen molar-refractivity contribution in [3.63, 3.8) is 0 Å². The van der Waals surface area contributed by atoms with Crippen molar-refractivity contribution in [3.05, 3.63) is 87.7 Å². The molecule has 4 nitrogen and oxygen atoms in total. The summed E-state index contributed by atoms with van der Waals surface area (Å²) in [4.78, 5) is 27.1. The Morgan fingerprint density at radius 3 is 2.64 bits per heavy atom. The lowest BCUT2D eigenvalue weighted by Crippen LogP contribution is -2.25. The van der Waals surface area contributed by atoms with Crippen molar-refractivity contribution < 1.29 is 4.79 Å². The number of carbonyl (C=O) groups is 1. The van der Waals surface area contributed by atoms with E-state index in [4.69, 9.17) is 0 Å². The summed E-state index contributed by atoms with van der Waals surface area (Å²) in [5.41, 5.74) is 4.15. The Morgan fingerprint density at radius 2 is 1.88 bits per heavy atom. The van der Waals surface area contributed by atoms with Crippen molar-refractivity contribution in [1.82, 2.24) is 10.3 Å². The number of benzene rings is 2. The lowest BCUT2D eigenvalue weighted by molar-refractivity contribution is -0.116. The molecule has 0 aliphatic heterocycles. The van der Waals surface area contributed by atoms with Crippen molar-refractivity contribution >= 4 is 22.4 Å². The van der Waals surface area contributed by atoms with Gasteiger partial charge in [0.1, 0.15) is 0 Å². The fourth-order valence-electron chi connectivity index (χ4n) is 2.72. The molecule has 0 fully saturated rings. The molecule has 3 rings (SSSR count). The van der Waals surface area contributed by atoms with Gasteiger partial charge in [0.05, 0.1) is 0 Å². The van der Waals surface area contributed by atoms with Crippen LogP contribution in [0.1, 0.15) is 23.6 Å². The number of allylic oxidation sites excluding steroid dienone is 1. The summed E-state index contributed by atoms with van der Waals surface area (Å²) in [6, 6.07) is 17.4. The number of hydrogen-bond acceptors (Lipinski definition) is 2. The average Bonchev–Trinajstić information content (AvgIpc) is 2.61. The summed E-state index contributed by atoms with van der Waals surface area (Å²) in [7, 11) is 0. The first-order chi connectivity index (χ1) is 12.0. The molecule has 25 heavy (non-hydrogen) atoms. The normalized spacial score (nSPS) is 11.5. The lowest BCUT2D eigenvalue weighted by Gasteiger charge is -2.06. The van der Waals surface area contributed by atoms with E-state index in [9.17, 15) is 9.59 Å². The van der Waals surface area contributed by atoms with E-state index in [0.717, 1.165) is 27.6 Å². The number of H-pyrrole nitrogens is 1. The molecule has 0 saturated heterocycles. The Bertz CT molecular complexity index is 1000. The zero-order chi connectivity index (χ0) is 17.8. The Hall–Kier alpha value is -3.14. The largest absolute Gasteiger partial charge is 0.348 e. The van der Waals surface area contributed by atoms with E-state index in [1.54, 1.807) is 6.08 Å². The van der Waals surface area contributed by atoms with Crippen LogP contribution in [0.4, 0.5) is 0 Å². The molecule has 4 heteroatoms. The van der Waals surface area contributed by atoms with Crippen LogP contribution in [-0.4, -0.2) is 10.9 Å². The summed E-state index contributed by atoms with van der Waals surface area (Å²) < 4.78 is 0. The first-order valence-electron chi connectivity index (χ1n) is 8.17. The molecule has 1 aromatic heterocycles. The van der Waals surface area contributed by atoms with Gasteiger partial charge in [-0.3, -0.25) is 9.59 Å². The first-order valence-corrected chi connectivity index (χ1v) is 8.17. The molecule has 126 valence electrons. The van der Waals surface area contributed by atoms with E-state index in [1.807, 2.05) is 68.4 Å². The van der Waals surface area contributed by atoms with Crippen molar-refractivity contribution in [3.8, 4) is 0 Å². The maximum atomic E-state index is 12.2. The van der Waals surface area contributed by atoms with Gasteiger partial charge >= 0.3 is 0 Å². The van der Waals surface area contributed by atoms with Crippen LogP contribution in [0, 0.1) is 6.92 Å². The molecule has 0 aliphatic rings. The fraction of sp³-hybridized carbons (Fsp3) is 0.143. The van der Waals surface area contributed by atoms with Gasteiger partial charge in [0.15, 0.2) is 0 Å². The molecule has 0 unspecified atom stereocenters. The third-order valence-electron chi connectivity index (χ3n) is 4.11. The van der Waals surface area contributed by atoms with Crippen molar-refractivity contribution in [1.29, 1.82) is 0 Å². The minimum Gasteiger partial charge on any atom is -0.348 e. The molecule has 2 N–H and O–H groups in total. The number of fused-ring (bicyclic) bond motifs is 1. The van der Waals surface area contributed by atoms with E-state index in [-0.39, 0.29) is 18.0 Å². The first kappa shape index (κ1) is 16.7. The maximum absolute atomic E-state index is 12.2. The number of amides is 1. The van der Waals surface area contributed by atoms with Gasteiger partial charge in [0.25, 0.3) is 5.56 Å². The SMILES string of the molecule is C/C(=C\C(=O)NCc1cc2cc(C)ccc2[nH]c1=O)c1ccccc1. The zero-order valence-electron chi connectivity index (χ0n) is 14.3. The highest BCUT2D eigenvalue weighted by Gasteiger charge is 2.05. The molecule has 0 atom stereocenters. The smallest absolute Gasteiger partial charge is 0.253 e. The van der Waals surface area contributed by atoms with Crippen LogP contribution < -0.4 is 10.9 Å². The summed E-state index contributed by atoms with van der Waals surface area (Å²) in [6.45, 7) is 4.08. The second-order valence-corrected chi connectivity index (χ2v) is 6.13. The predicted molar refractivity (Wildman–Crippen MR) is 101 cm³/mol. The Morgan fingerprint density at radius 1 is 1.12 bits per heavy atom. The number of pyridine rings is 1. The summed E-state index contributed by atoms with van der Waals surface area (Å²) in [5.74, 6) is -0.218. The van der Waals surface area contributed by atoms with E-state index in [1.165, 1.54) is 0 Å². The standard InChI is InChI=1S/C21H20N2O2/c1-14-8-9-19-17(10-14)12-18(21(25)23-19)13-22-20(24)11-15(2)16-6-4-3-5-7-16/h3-12H,13H2,1-2H3,(H,22,24)(H,23,25)/b15-11+. The lowest BCUT2D eigenvalue weighted by atomic mass is 10.1. The van der Waals surface area contributed by atoms with Gasteiger partial charge in [-0.2, -0.15) is 0 Å². The predicted octanol–water partition coefficient (Wildman–Crippen LogP) is 3.56. The van der Waals surface area contributed by atoms with Crippen LogP contribution in [0.3, 0.4) is 0 Å². The van der Waals surface area contributed by atoms with Crippen LogP contribution in [0.2, 0.25) is 0 Å². The van der Waals surface area contributed by atoms with Gasteiger partial charge < -0.3 is 10.3 Å². The molecule has 2 aromatic carbocycles. The molecular formula is C21H20N2O2. The van der Waals surface area contributed by atoms with Gasteiger partial charge in [-0.25, -0.2) is 0 Å². The monoisotopic (exact) mass is 332 g/mol. The highest BCUT2D eigenvalue weighted by atomic mass is 16.1. The second-order valence-electron chi connectivity index (χ2n) is 6.13. The molecule has 0 bridgehead atoms. The molecule has 0 radical (unpaired) electrons. The molecule has 0 saturated carbocycles. The van der Waals surface area contributed by atoms with Crippen LogP contribution in [0.15, 0.2) is 65.5 Å². The molecule has 0 aliphatic carbocycles. The highest BCUT2D eigenvalue weighted by molar-refractivity contribution is 5.94. The van der Waals surface area contributed by atoms with Crippen molar-refractivity contribution in [2.75, 3.05) is 0 Å². The summed E-state index contributed by atoms with van der Waals surface area (Å²) in [5, 5.41) is 3.74. The Kier molecular flexibility index (Phi) is 4.80. The number of hydrogen-bond donors (Lipinski definition) is 2. The summed E-state index contributed by atoms with van der Waals surface area (Å²) >= 11 is 0. The number of carbonyl (C=O) groups excluding carboxylic acids is 1. The molecule has 1 amide bonds. The minimum atomic E-state index is -0.218. The Labute approximate surface area is 146 Å². The van der Waals surface area contributed by atoms with Crippen LogP contribution in [0.5, 0.6) is 0 Å². The molecule has 1 heterocycles. The topological polar surface area (TPSA) is 62.0 Å². The van der Waals surface area contributed by atoms with Gasteiger partial charge in [0, 0.05) is 23.7 Å². The third kappa shape index (κ3) is 4.04. The second kappa shape index (κ2) is 7.18. The molecule has 0 spiro atoms. The average molecular weight is 332 g/mol. The van der Waals surface area contributed by atoms with E-state index in [0.29, 0.717) is 5.56 Å². The van der Waals surface area contributed by atoms with Crippen LogP contribution in [-0.2, 0) is 11.3 Å². The number of aromatic amines is 1. The molecule has 3 aromatic rings. The van der Waals surface area contributed by atoms with Crippen LogP contribution in [0.25, 0.3) is 16.5 Å². The number of aromatic nitrogens is 1. The minimum absolute atomic E-state index is 0.180. The fourth-order valence-corrected chi connectivity index (χ4v) is 2.72. The number of aryl methyl sites for hydroxylation is 1. The Balaban J connectivity index is 1.75. The van der Waals surface area contributed by atoms with Gasteiger partial charge in [-0.05, 0) is 48.6 Å². The van der Waals surface area contributed by atoms with Crippen molar-refractivity contribution in [2.45, 2.75) is 20.4 Å². The highest BCUT2D eigenvalue weighted by Crippen LogP contribution is 2.14. The van der Waals surface area contributed by atoms with E-state index < -0.39 is 0 Å².